The van der Waals surface area contributed by atoms with Gasteiger partial charge in [-0.05, 0) is 61.4 Å². The van der Waals surface area contributed by atoms with Gasteiger partial charge in [0.25, 0.3) is 11.6 Å². The number of hydrogen-bond acceptors (Lipinski definition) is 6. The van der Waals surface area contributed by atoms with Gasteiger partial charge in [0.15, 0.2) is 6.61 Å². The molecule has 29 heavy (non-hydrogen) atoms. The van der Waals surface area contributed by atoms with Crippen LogP contribution in [0.2, 0.25) is 0 Å². The minimum atomic E-state index is -0.462. The van der Waals surface area contributed by atoms with Crippen molar-refractivity contribution in [3.8, 4) is 17.1 Å². The average molecular weight is 393 g/mol. The highest BCUT2D eigenvalue weighted by molar-refractivity contribution is 5.81. The number of nitro groups is 1. The summed E-state index contributed by atoms with van der Waals surface area (Å²) >= 11 is 0. The van der Waals surface area contributed by atoms with Crippen molar-refractivity contribution in [1.82, 2.24) is 5.43 Å². The Balaban J connectivity index is 1.52. The summed E-state index contributed by atoms with van der Waals surface area (Å²) in [5.41, 5.74) is 5.31. The quantitative estimate of drug-likeness (QED) is 0.371. The molecule has 8 heteroatoms. The van der Waals surface area contributed by atoms with E-state index in [0.29, 0.717) is 22.8 Å². The van der Waals surface area contributed by atoms with Gasteiger partial charge in [0, 0.05) is 17.7 Å². The van der Waals surface area contributed by atoms with Crippen LogP contribution in [0.5, 0.6) is 5.75 Å². The van der Waals surface area contributed by atoms with Crippen molar-refractivity contribution >= 4 is 17.8 Å². The summed E-state index contributed by atoms with van der Waals surface area (Å²) in [5.74, 6) is 1.17. The van der Waals surface area contributed by atoms with E-state index in [1.165, 1.54) is 18.3 Å². The van der Waals surface area contributed by atoms with Crippen LogP contribution >= 0.6 is 0 Å². The van der Waals surface area contributed by atoms with Crippen molar-refractivity contribution in [2.75, 3.05) is 6.61 Å². The first-order valence-electron chi connectivity index (χ1n) is 8.79. The molecule has 1 amide bonds. The molecule has 1 N–H and O–H groups in total. The number of carbonyl (C=O) groups is 1. The maximum absolute atomic E-state index is 11.8. The molecule has 0 aliphatic heterocycles. The van der Waals surface area contributed by atoms with Crippen LogP contribution in [0.25, 0.3) is 11.3 Å². The molecule has 148 valence electrons. The van der Waals surface area contributed by atoms with E-state index >= 15 is 0 Å². The number of benzene rings is 2. The van der Waals surface area contributed by atoms with Gasteiger partial charge in [0.1, 0.15) is 17.3 Å². The fraction of sp³-hybridized carbons (Fsp3) is 0.143. The van der Waals surface area contributed by atoms with Crippen LogP contribution in [0.1, 0.15) is 16.9 Å². The first-order chi connectivity index (χ1) is 13.9. The molecule has 0 unspecified atom stereocenters. The van der Waals surface area contributed by atoms with Gasteiger partial charge in [-0.2, -0.15) is 5.10 Å². The third-order valence-electron chi connectivity index (χ3n) is 4.22. The summed E-state index contributed by atoms with van der Waals surface area (Å²) in [6.07, 6.45) is 1.36. The van der Waals surface area contributed by atoms with Gasteiger partial charge in [-0.15, -0.1) is 0 Å². The third-order valence-corrected chi connectivity index (χ3v) is 4.22. The van der Waals surface area contributed by atoms with Crippen molar-refractivity contribution in [2.45, 2.75) is 13.8 Å². The standard InChI is InChI=1S/C21H19N3O5/c1-14-3-8-18(11-15(14)2)28-13-21(25)23-22-12-19-9-10-20(29-19)16-4-6-17(7-5-16)24(26)27/h3-12H,13H2,1-2H3,(H,23,25)/b22-12-. The summed E-state index contributed by atoms with van der Waals surface area (Å²) < 4.78 is 11.0. The largest absolute Gasteiger partial charge is 0.484 e. The molecule has 0 saturated carbocycles. The predicted molar refractivity (Wildman–Crippen MR) is 108 cm³/mol. The lowest BCUT2D eigenvalue weighted by Crippen LogP contribution is -2.24. The van der Waals surface area contributed by atoms with E-state index in [1.807, 2.05) is 26.0 Å². The minimum absolute atomic E-state index is 0.00724. The Bertz CT molecular complexity index is 1050. The lowest BCUT2D eigenvalue weighted by molar-refractivity contribution is -0.384. The molecule has 0 atom stereocenters. The Morgan fingerprint density at radius 1 is 1.14 bits per heavy atom. The average Bonchev–Trinajstić information content (AvgIpc) is 3.18. The maximum atomic E-state index is 11.8. The Hall–Kier alpha value is -3.94. The first-order valence-corrected chi connectivity index (χ1v) is 8.79. The number of amides is 1. The van der Waals surface area contributed by atoms with Crippen molar-refractivity contribution in [2.24, 2.45) is 5.10 Å². The van der Waals surface area contributed by atoms with E-state index < -0.39 is 10.8 Å². The number of non-ortho nitro benzene ring substituents is 1. The number of hydrazone groups is 1. The zero-order valence-corrected chi connectivity index (χ0v) is 15.9. The summed E-state index contributed by atoms with van der Waals surface area (Å²) in [5, 5.41) is 14.5. The van der Waals surface area contributed by atoms with Crippen LogP contribution in [-0.4, -0.2) is 23.7 Å². The lowest BCUT2D eigenvalue weighted by atomic mass is 10.1. The van der Waals surface area contributed by atoms with Gasteiger partial charge in [-0.25, -0.2) is 5.43 Å². The second kappa shape index (κ2) is 8.83. The van der Waals surface area contributed by atoms with E-state index in [2.05, 4.69) is 10.5 Å². The molecular weight excluding hydrogens is 374 g/mol. The molecule has 0 spiro atoms. The van der Waals surface area contributed by atoms with Crippen molar-refractivity contribution < 1.29 is 18.9 Å². The Kier molecular flexibility index (Phi) is 6.03. The Morgan fingerprint density at radius 2 is 1.90 bits per heavy atom. The smallest absolute Gasteiger partial charge is 0.277 e. The van der Waals surface area contributed by atoms with E-state index in [-0.39, 0.29) is 12.3 Å². The van der Waals surface area contributed by atoms with Crippen molar-refractivity contribution in [1.29, 1.82) is 0 Å². The molecule has 0 radical (unpaired) electrons. The molecule has 1 aromatic heterocycles. The predicted octanol–water partition coefficient (Wildman–Crippen LogP) is 4.00. The number of nitro benzene ring substituents is 1. The monoisotopic (exact) mass is 393 g/mol. The molecule has 0 aliphatic carbocycles. The van der Waals surface area contributed by atoms with Crippen LogP contribution in [0.4, 0.5) is 5.69 Å². The Morgan fingerprint density at radius 3 is 2.59 bits per heavy atom. The van der Waals surface area contributed by atoms with Crippen molar-refractivity contribution in [3.05, 3.63) is 81.6 Å². The number of furan rings is 1. The highest BCUT2D eigenvalue weighted by atomic mass is 16.6. The molecule has 8 nitrogen and oxygen atoms in total. The number of hydrogen-bond donors (Lipinski definition) is 1. The summed E-state index contributed by atoms with van der Waals surface area (Å²) in [4.78, 5) is 22.1. The van der Waals surface area contributed by atoms with Gasteiger partial charge in [0.05, 0.1) is 11.1 Å². The van der Waals surface area contributed by atoms with Crippen LogP contribution < -0.4 is 10.2 Å². The number of nitrogens with one attached hydrogen (secondary N) is 1. The number of aryl methyl sites for hydroxylation is 2. The molecule has 3 aromatic rings. The SMILES string of the molecule is Cc1ccc(OCC(=O)N/N=C\c2ccc(-c3ccc([N+](=O)[O-])cc3)o2)cc1C. The molecule has 0 fully saturated rings. The number of nitrogens with zero attached hydrogens (tertiary/aromatic N) is 2. The second-order valence-electron chi connectivity index (χ2n) is 6.33. The summed E-state index contributed by atoms with van der Waals surface area (Å²) in [7, 11) is 0. The van der Waals surface area contributed by atoms with Crippen LogP contribution in [0.3, 0.4) is 0 Å². The van der Waals surface area contributed by atoms with Gasteiger partial charge in [0.2, 0.25) is 0 Å². The van der Waals surface area contributed by atoms with E-state index in [9.17, 15) is 14.9 Å². The van der Waals surface area contributed by atoms with E-state index in [1.54, 1.807) is 30.3 Å². The summed E-state index contributed by atoms with van der Waals surface area (Å²) in [6.45, 7) is 3.81. The van der Waals surface area contributed by atoms with Crippen LogP contribution in [0, 0.1) is 24.0 Å². The normalized spacial score (nSPS) is 10.8. The molecule has 0 aliphatic rings. The van der Waals surface area contributed by atoms with Crippen LogP contribution in [0.15, 0.2) is 64.1 Å². The fourth-order valence-electron chi connectivity index (χ4n) is 2.48. The zero-order chi connectivity index (χ0) is 20.8. The Labute approximate surface area is 167 Å². The van der Waals surface area contributed by atoms with Gasteiger partial charge >= 0.3 is 0 Å². The molecule has 3 rings (SSSR count). The third kappa shape index (κ3) is 5.29. The topological polar surface area (TPSA) is 107 Å². The van der Waals surface area contributed by atoms with Gasteiger partial charge in [-0.3, -0.25) is 14.9 Å². The van der Waals surface area contributed by atoms with Gasteiger partial charge < -0.3 is 9.15 Å². The number of rotatable bonds is 7. The number of carbonyl (C=O) groups excluding carboxylic acids is 1. The summed E-state index contributed by atoms with van der Waals surface area (Å²) in [6, 6.07) is 15.0. The van der Waals surface area contributed by atoms with E-state index in [4.69, 9.17) is 9.15 Å². The highest BCUT2D eigenvalue weighted by Crippen LogP contribution is 2.24. The van der Waals surface area contributed by atoms with Gasteiger partial charge in [-0.1, -0.05) is 6.07 Å². The molecule has 0 saturated heterocycles. The highest BCUT2D eigenvalue weighted by Gasteiger charge is 2.08. The van der Waals surface area contributed by atoms with Crippen LogP contribution in [-0.2, 0) is 4.79 Å². The minimum Gasteiger partial charge on any atom is -0.484 e. The molecule has 1 heterocycles. The molecule has 0 bridgehead atoms. The number of ether oxygens (including phenoxy) is 1. The van der Waals surface area contributed by atoms with E-state index in [0.717, 1.165) is 11.1 Å². The first kappa shape index (κ1) is 19.8. The zero-order valence-electron chi connectivity index (χ0n) is 15.9. The second-order valence-corrected chi connectivity index (χ2v) is 6.33. The molecule has 2 aromatic carbocycles. The molecular formula is C21H19N3O5. The maximum Gasteiger partial charge on any atom is 0.277 e. The fourth-order valence-corrected chi connectivity index (χ4v) is 2.48. The lowest BCUT2D eigenvalue weighted by Gasteiger charge is -2.07. The van der Waals surface area contributed by atoms with Crippen molar-refractivity contribution in [3.63, 3.8) is 0 Å².